The first-order valence-corrected chi connectivity index (χ1v) is 8.28. The summed E-state index contributed by atoms with van der Waals surface area (Å²) in [6.07, 6.45) is 0. The van der Waals surface area contributed by atoms with Crippen LogP contribution in [0.15, 0.2) is 24.3 Å². The first kappa shape index (κ1) is 16.0. The molecule has 0 bridgehead atoms. The maximum absolute atomic E-state index is 12.4. The Balaban J connectivity index is 2.16. The second kappa shape index (κ2) is 6.61. The molecular formula is C12H16ClN3O4S. The van der Waals surface area contributed by atoms with Crippen LogP contribution in [0.2, 0.25) is 5.02 Å². The van der Waals surface area contributed by atoms with E-state index in [1.165, 1.54) is 6.07 Å². The van der Waals surface area contributed by atoms with Crippen molar-refractivity contribution in [2.75, 3.05) is 17.9 Å². The molecular weight excluding hydrogens is 318 g/mol. The fraction of sp³-hybridized carbons (Fsp3) is 0.417. The van der Waals surface area contributed by atoms with E-state index >= 15 is 0 Å². The minimum atomic E-state index is -3.83. The van der Waals surface area contributed by atoms with Crippen molar-refractivity contribution >= 4 is 33.3 Å². The minimum absolute atomic E-state index is 0.181. The van der Waals surface area contributed by atoms with Crippen LogP contribution in [0.5, 0.6) is 0 Å². The Bertz CT molecular complexity index is 623. The van der Waals surface area contributed by atoms with E-state index in [1.807, 2.05) is 0 Å². The molecule has 1 aromatic rings. The van der Waals surface area contributed by atoms with Crippen LogP contribution in [-0.2, 0) is 19.6 Å². The number of nitrogens with one attached hydrogen (secondary N) is 3. The molecule has 116 valence electrons. The summed E-state index contributed by atoms with van der Waals surface area (Å²) < 4.78 is 32.0. The van der Waals surface area contributed by atoms with Crippen molar-refractivity contribution in [3.8, 4) is 0 Å². The molecule has 1 aromatic carbocycles. The summed E-state index contributed by atoms with van der Waals surface area (Å²) in [6.45, 7) is 2.05. The number of hydrogen-bond donors (Lipinski definition) is 3. The molecule has 2 atom stereocenters. The van der Waals surface area contributed by atoms with Crippen molar-refractivity contribution in [3.05, 3.63) is 29.3 Å². The summed E-state index contributed by atoms with van der Waals surface area (Å²) >= 11 is 5.82. The molecule has 7 nitrogen and oxygen atoms in total. The topological polar surface area (TPSA) is 96.5 Å². The molecule has 0 saturated carbocycles. The van der Waals surface area contributed by atoms with Gasteiger partial charge in [-0.05, 0) is 25.1 Å². The zero-order valence-corrected chi connectivity index (χ0v) is 12.9. The van der Waals surface area contributed by atoms with Crippen molar-refractivity contribution in [1.82, 2.24) is 10.9 Å². The molecule has 1 aliphatic heterocycles. The van der Waals surface area contributed by atoms with E-state index in [9.17, 15) is 13.2 Å². The van der Waals surface area contributed by atoms with Gasteiger partial charge in [-0.3, -0.25) is 14.9 Å². The highest BCUT2D eigenvalue weighted by Crippen LogP contribution is 2.21. The lowest BCUT2D eigenvalue weighted by atomic mass is 10.2. The molecule has 0 aromatic heterocycles. The molecule has 0 spiro atoms. The highest BCUT2D eigenvalue weighted by Gasteiger charge is 2.42. The first-order valence-electron chi connectivity index (χ1n) is 6.36. The zero-order valence-electron chi connectivity index (χ0n) is 11.3. The summed E-state index contributed by atoms with van der Waals surface area (Å²) in [7, 11) is -3.83. The second-order valence-corrected chi connectivity index (χ2v) is 6.70. The summed E-state index contributed by atoms with van der Waals surface area (Å²) in [5.41, 5.74) is 5.59. The Hall–Kier alpha value is -1.35. The van der Waals surface area contributed by atoms with E-state index in [0.717, 1.165) is 0 Å². The van der Waals surface area contributed by atoms with Gasteiger partial charge in [-0.2, -0.15) is 0 Å². The number of hydrazine groups is 1. The van der Waals surface area contributed by atoms with Gasteiger partial charge >= 0.3 is 5.97 Å². The van der Waals surface area contributed by atoms with E-state index in [-0.39, 0.29) is 13.2 Å². The van der Waals surface area contributed by atoms with Crippen molar-refractivity contribution < 1.29 is 17.9 Å². The Kier molecular flexibility index (Phi) is 5.04. The van der Waals surface area contributed by atoms with E-state index in [4.69, 9.17) is 16.3 Å². The highest BCUT2D eigenvalue weighted by molar-refractivity contribution is 7.93. The van der Waals surface area contributed by atoms with Crippen LogP contribution in [0.3, 0.4) is 0 Å². The molecule has 1 fully saturated rings. The number of anilines is 1. The third-order valence-corrected chi connectivity index (χ3v) is 4.81. The molecule has 1 aliphatic rings. The van der Waals surface area contributed by atoms with Crippen LogP contribution in [0.4, 0.5) is 5.69 Å². The normalized spacial score (nSPS) is 22.0. The van der Waals surface area contributed by atoms with Gasteiger partial charge in [0.25, 0.3) is 10.0 Å². The van der Waals surface area contributed by atoms with Gasteiger partial charge in [0.1, 0.15) is 5.92 Å². The summed E-state index contributed by atoms with van der Waals surface area (Å²) in [6, 6.07) is 6.32. The number of ether oxygens (including phenoxy) is 1. The number of carbonyl (C=O) groups is 1. The maximum Gasteiger partial charge on any atom is 0.313 e. The van der Waals surface area contributed by atoms with Crippen molar-refractivity contribution in [3.63, 3.8) is 0 Å². The fourth-order valence-corrected chi connectivity index (χ4v) is 3.66. The average molecular weight is 334 g/mol. The first-order chi connectivity index (χ1) is 9.94. The molecule has 1 heterocycles. The largest absolute Gasteiger partial charge is 0.466 e. The molecule has 2 rings (SSSR count). The molecule has 0 radical (unpaired) electrons. The Morgan fingerprint density at radius 1 is 1.52 bits per heavy atom. The van der Waals surface area contributed by atoms with Crippen LogP contribution in [0.1, 0.15) is 6.92 Å². The molecule has 21 heavy (non-hydrogen) atoms. The summed E-state index contributed by atoms with van der Waals surface area (Å²) in [5.74, 6) is -1.38. The zero-order chi connectivity index (χ0) is 15.5. The van der Waals surface area contributed by atoms with Gasteiger partial charge in [-0.15, -0.1) is 0 Å². The van der Waals surface area contributed by atoms with Crippen LogP contribution >= 0.6 is 11.6 Å². The van der Waals surface area contributed by atoms with Gasteiger partial charge in [-0.1, -0.05) is 17.7 Å². The van der Waals surface area contributed by atoms with Crippen molar-refractivity contribution in [1.29, 1.82) is 0 Å². The third-order valence-electron chi connectivity index (χ3n) is 2.94. The van der Waals surface area contributed by atoms with Crippen LogP contribution < -0.4 is 15.6 Å². The lowest BCUT2D eigenvalue weighted by molar-refractivity contribution is -0.147. The molecule has 1 saturated heterocycles. The number of rotatable bonds is 5. The van der Waals surface area contributed by atoms with Gasteiger partial charge in [0.05, 0.1) is 12.3 Å². The van der Waals surface area contributed by atoms with Gasteiger partial charge in [-0.25, -0.2) is 13.8 Å². The van der Waals surface area contributed by atoms with Gasteiger partial charge in [0.15, 0.2) is 5.37 Å². The Labute approximate surface area is 128 Å². The summed E-state index contributed by atoms with van der Waals surface area (Å²) in [4.78, 5) is 11.8. The van der Waals surface area contributed by atoms with Crippen molar-refractivity contribution in [2.24, 2.45) is 5.92 Å². The maximum atomic E-state index is 12.4. The average Bonchev–Trinajstić information content (AvgIpc) is 2.88. The predicted octanol–water partition coefficient (Wildman–Crippen LogP) is 0.695. The quantitative estimate of drug-likeness (QED) is 0.686. The number of esters is 1. The lowest BCUT2D eigenvalue weighted by Gasteiger charge is -2.18. The number of hydrogen-bond acceptors (Lipinski definition) is 6. The summed E-state index contributed by atoms with van der Waals surface area (Å²) in [5, 5.41) is -0.704. The number of benzene rings is 1. The van der Waals surface area contributed by atoms with E-state index in [2.05, 4.69) is 15.6 Å². The van der Waals surface area contributed by atoms with Crippen LogP contribution in [0, 0.1) is 5.92 Å². The van der Waals surface area contributed by atoms with Gasteiger partial charge < -0.3 is 4.74 Å². The predicted molar refractivity (Wildman–Crippen MR) is 79.0 cm³/mol. The molecule has 0 amide bonds. The van der Waals surface area contributed by atoms with Gasteiger partial charge in [0.2, 0.25) is 0 Å². The Morgan fingerprint density at radius 3 is 2.95 bits per heavy atom. The van der Waals surface area contributed by atoms with Crippen molar-refractivity contribution in [2.45, 2.75) is 12.3 Å². The van der Waals surface area contributed by atoms with E-state index < -0.39 is 27.3 Å². The van der Waals surface area contributed by atoms with Crippen LogP contribution in [-0.4, -0.2) is 32.9 Å². The number of sulfonamides is 1. The Morgan fingerprint density at radius 2 is 2.29 bits per heavy atom. The number of carbonyl (C=O) groups excluding carboxylic acids is 1. The molecule has 0 aliphatic carbocycles. The van der Waals surface area contributed by atoms with E-state index in [1.54, 1.807) is 25.1 Å². The smallest absolute Gasteiger partial charge is 0.313 e. The monoisotopic (exact) mass is 333 g/mol. The van der Waals surface area contributed by atoms with Gasteiger partial charge in [0, 0.05) is 11.6 Å². The third kappa shape index (κ3) is 3.85. The molecule has 2 unspecified atom stereocenters. The van der Waals surface area contributed by atoms with Crippen LogP contribution in [0.25, 0.3) is 0 Å². The highest BCUT2D eigenvalue weighted by atomic mass is 35.5. The minimum Gasteiger partial charge on any atom is -0.466 e. The fourth-order valence-electron chi connectivity index (χ4n) is 2.01. The lowest BCUT2D eigenvalue weighted by Crippen LogP contribution is -2.44. The number of halogens is 1. The molecule has 3 N–H and O–H groups in total. The van der Waals surface area contributed by atoms with E-state index in [0.29, 0.717) is 10.7 Å². The standard InChI is InChI=1S/C12H16ClN3O4S/c1-2-20-12(17)10-7-14-15-11(10)21(18,19)16-9-5-3-4-8(13)6-9/h3-6,10-11,14-16H,2,7H2,1H3. The molecule has 9 heteroatoms. The second-order valence-electron chi connectivity index (χ2n) is 4.46. The SMILES string of the molecule is CCOC(=O)C1CNNC1S(=O)(=O)Nc1cccc(Cl)c1.